The molecule has 4 heteroatoms. The number of halogens is 1. The number of amides is 1. The van der Waals surface area contributed by atoms with Gasteiger partial charge in [-0.2, -0.15) is 0 Å². The van der Waals surface area contributed by atoms with Crippen LogP contribution >= 0.6 is 15.9 Å². The van der Waals surface area contributed by atoms with Crippen molar-refractivity contribution in [3.8, 4) is 0 Å². The largest absolute Gasteiger partial charge is 0.352 e. The van der Waals surface area contributed by atoms with Crippen LogP contribution < -0.4 is 10.6 Å². The Labute approximate surface area is 99.8 Å². The molecule has 0 aromatic heterocycles. The Hall–Kier alpha value is -0.350. The highest BCUT2D eigenvalue weighted by Crippen LogP contribution is 2.15. The fourth-order valence-electron chi connectivity index (χ4n) is 1.79. The van der Waals surface area contributed by atoms with Gasteiger partial charge in [0.2, 0.25) is 5.91 Å². The minimum Gasteiger partial charge on any atom is -0.352 e. The van der Waals surface area contributed by atoms with Gasteiger partial charge in [-0.25, -0.2) is 0 Å². The Kier molecular flexibility index (Phi) is 5.95. The second-order valence-electron chi connectivity index (χ2n) is 4.05. The Morgan fingerprint density at radius 3 is 3.00 bits per heavy atom. The number of hydrogen-bond acceptors (Lipinski definition) is 2. The zero-order valence-electron chi connectivity index (χ0n) is 9.02. The van der Waals surface area contributed by atoms with E-state index in [-0.39, 0.29) is 5.91 Å². The fraction of sp³-hybridized carbons (Fsp3) is 0.727. The van der Waals surface area contributed by atoms with Gasteiger partial charge < -0.3 is 10.6 Å². The molecular formula is C11H19BrN2O. The molecule has 0 spiro atoms. The summed E-state index contributed by atoms with van der Waals surface area (Å²) < 4.78 is 0.815. The summed E-state index contributed by atoms with van der Waals surface area (Å²) in [6.07, 6.45) is 4.12. The molecule has 3 nitrogen and oxygen atoms in total. The van der Waals surface area contributed by atoms with Crippen LogP contribution in [0.2, 0.25) is 0 Å². The van der Waals surface area contributed by atoms with Crippen LogP contribution in [0.25, 0.3) is 0 Å². The maximum atomic E-state index is 11.4. The third-order valence-electron chi connectivity index (χ3n) is 2.66. The third-order valence-corrected chi connectivity index (χ3v) is 2.94. The van der Waals surface area contributed by atoms with Gasteiger partial charge >= 0.3 is 0 Å². The molecule has 15 heavy (non-hydrogen) atoms. The predicted molar refractivity (Wildman–Crippen MR) is 65.9 cm³/mol. The van der Waals surface area contributed by atoms with E-state index in [9.17, 15) is 4.79 Å². The Morgan fingerprint density at radius 1 is 1.60 bits per heavy atom. The van der Waals surface area contributed by atoms with Crippen LogP contribution in [-0.4, -0.2) is 25.5 Å². The summed E-state index contributed by atoms with van der Waals surface area (Å²) in [6.45, 7) is 6.40. The molecule has 1 atom stereocenters. The van der Waals surface area contributed by atoms with Crippen molar-refractivity contribution >= 4 is 21.8 Å². The van der Waals surface area contributed by atoms with Crippen LogP contribution in [0.1, 0.15) is 25.7 Å². The molecule has 1 heterocycles. The average molecular weight is 275 g/mol. The molecule has 0 saturated carbocycles. The number of piperidine rings is 1. The molecule has 1 aliphatic rings. The SMILES string of the molecule is C=C(Br)CNC(=O)CCC1CCCNC1. The lowest BCUT2D eigenvalue weighted by molar-refractivity contribution is -0.121. The van der Waals surface area contributed by atoms with E-state index >= 15 is 0 Å². The first-order chi connectivity index (χ1) is 7.18. The second kappa shape index (κ2) is 7.01. The smallest absolute Gasteiger partial charge is 0.220 e. The van der Waals surface area contributed by atoms with Gasteiger partial charge in [-0.05, 0) is 38.3 Å². The van der Waals surface area contributed by atoms with Crippen molar-refractivity contribution in [3.05, 3.63) is 11.1 Å². The highest BCUT2D eigenvalue weighted by molar-refractivity contribution is 9.11. The lowest BCUT2D eigenvalue weighted by Gasteiger charge is -2.22. The van der Waals surface area contributed by atoms with E-state index in [0.717, 1.165) is 24.0 Å². The number of hydrogen-bond donors (Lipinski definition) is 2. The van der Waals surface area contributed by atoms with Gasteiger partial charge in [0.05, 0.1) is 0 Å². The van der Waals surface area contributed by atoms with Gasteiger partial charge in [-0.3, -0.25) is 4.79 Å². The molecule has 1 saturated heterocycles. The van der Waals surface area contributed by atoms with E-state index in [1.165, 1.54) is 12.8 Å². The van der Waals surface area contributed by atoms with Gasteiger partial charge in [0.15, 0.2) is 0 Å². The average Bonchev–Trinajstić information content (AvgIpc) is 2.25. The highest BCUT2D eigenvalue weighted by atomic mass is 79.9. The topological polar surface area (TPSA) is 41.1 Å². The molecule has 0 aromatic carbocycles. The molecular weight excluding hydrogens is 256 g/mol. The Bertz CT molecular complexity index is 225. The van der Waals surface area contributed by atoms with E-state index in [2.05, 4.69) is 33.1 Å². The van der Waals surface area contributed by atoms with E-state index in [0.29, 0.717) is 18.9 Å². The van der Waals surface area contributed by atoms with Crippen molar-refractivity contribution in [1.29, 1.82) is 0 Å². The van der Waals surface area contributed by atoms with Crippen LogP contribution in [0.4, 0.5) is 0 Å². The zero-order valence-corrected chi connectivity index (χ0v) is 10.6. The molecule has 1 unspecified atom stereocenters. The summed E-state index contributed by atoms with van der Waals surface area (Å²) in [6, 6.07) is 0. The van der Waals surface area contributed by atoms with Crippen LogP contribution in [0, 0.1) is 5.92 Å². The van der Waals surface area contributed by atoms with Crippen molar-refractivity contribution in [3.63, 3.8) is 0 Å². The van der Waals surface area contributed by atoms with Crippen molar-refractivity contribution in [2.75, 3.05) is 19.6 Å². The van der Waals surface area contributed by atoms with Gasteiger partial charge in [0, 0.05) is 17.4 Å². The van der Waals surface area contributed by atoms with Gasteiger partial charge in [-0.15, -0.1) is 0 Å². The minimum atomic E-state index is 0.126. The van der Waals surface area contributed by atoms with Crippen molar-refractivity contribution in [1.82, 2.24) is 10.6 Å². The van der Waals surface area contributed by atoms with Crippen LogP contribution in [0.5, 0.6) is 0 Å². The molecule has 0 bridgehead atoms. The zero-order chi connectivity index (χ0) is 11.1. The predicted octanol–water partition coefficient (Wildman–Crippen LogP) is 1.79. The summed E-state index contributed by atoms with van der Waals surface area (Å²) in [5, 5.41) is 6.17. The van der Waals surface area contributed by atoms with Gasteiger partial charge in [0.25, 0.3) is 0 Å². The Balaban J connectivity index is 2.07. The molecule has 86 valence electrons. The minimum absolute atomic E-state index is 0.126. The van der Waals surface area contributed by atoms with E-state index in [1.807, 2.05) is 0 Å². The first-order valence-corrected chi connectivity index (χ1v) is 6.28. The van der Waals surface area contributed by atoms with Gasteiger partial charge in [-0.1, -0.05) is 22.5 Å². The normalized spacial score (nSPS) is 21.0. The summed E-state index contributed by atoms with van der Waals surface area (Å²) in [5.74, 6) is 0.804. The summed E-state index contributed by atoms with van der Waals surface area (Å²) in [5.41, 5.74) is 0. The molecule has 2 N–H and O–H groups in total. The van der Waals surface area contributed by atoms with Crippen molar-refractivity contribution in [2.24, 2.45) is 5.92 Å². The number of carbonyl (C=O) groups is 1. The Morgan fingerprint density at radius 2 is 2.40 bits per heavy atom. The summed E-state index contributed by atoms with van der Waals surface area (Å²) >= 11 is 3.21. The first kappa shape index (κ1) is 12.7. The van der Waals surface area contributed by atoms with Crippen molar-refractivity contribution < 1.29 is 4.79 Å². The number of rotatable bonds is 5. The van der Waals surface area contributed by atoms with E-state index in [1.54, 1.807) is 0 Å². The first-order valence-electron chi connectivity index (χ1n) is 5.49. The second-order valence-corrected chi connectivity index (χ2v) is 5.17. The number of carbonyl (C=O) groups excluding carboxylic acids is 1. The number of nitrogens with one attached hydrogen (secondary N) is 2. The maximum Gasteiger partial charge on any atom is 0.220 e. The van der Waals surface area contributed by atoms with E-state index in [4.69, 9.17) is 0 Å². The van der Waals surface area contributed by atoms with Crippen molar-refractivity contribution in [2.45, 2.75) is 25.7 Å². The van der Waals surface area contributed by atoms with Crippen LogP contribution in [-0.2, 0) is 4.79 Å². The molecule has 1 amide bonds. The monoisotopic (exact) mass is 274 g/mol. The molecule has 1 rings (SSSR count). The molecule has 0 aliphatic carbocycles. The lowest BCUT2D eigenvalue weighted by Crippen LogP contribution is -2.31. The highest BCUT2D eigenvalue weighted by Gasteiger charge is 2.14. The fourth-order valence-corrected chi connectivity index (χ4v) is 1.93. The molecule has 0 aromatic rings. The quantitative estimate of drug-likeness (QED) is 0.803. The molecule has 1 fully saturated rings. The maximum absolute atomic E-state index is 11.4. The van der Waals surface area contributed by atoms with Gasteiger partial charge in [0.1, 0.15) is 0 Å². The lowest BCUT2D eigenvalue weighted by atomic mass is 9.94. The van der Waals surface area contributed by atoms with Crippen LogP contribution in [0.3, 0.4) is 0 Å². The summed E-state index contributed by atoms with van der Waals surface area (Å²) in [4.78, 5) is 11.4. The molecule has 1 aliphatic heterocycles. The summed E-state index contributed by atoms with van der Waals surface area (Å²) in [7, 11) is 0. The standard InChI is InChI=1S/C11H19BrN2O/c1-9(12)7-14-11(15)5-4-10-3-2-6-13-8-10/h10,13H,1-8H2,(H,14,15). The third kappa shape index (κ3) is 5.95. The molecule has 0 radical (unpaired) electrons. The van der Waals surface area contributed by atoms with E-state index < -0.39 is 0 Å². The van der Waals surface area contributed by atoms with Crippen LogP contribution in [0.15, 0.2) is 11.1 Å².